The smallest absolute Gasteiger partial charge is 1.00 e. The minimum absolute atomic E-state index is 0. The van der Waals surface area contributed by atoms with E-state index in [1.165, 1.54) is 49.3 Å². The van der Waals surface area contributed by atoms with Gasteiger partial charge in [-0.3, -0.25) is 14.6 Å². The second-order valence-electron chi connectivity index (χ2n) is 25.8. The van der Waals surface area contributed by atoms with Gasteiger partial charge in [-0.1, -0.05) is 45.8 Å². The fourth-order valence-corrected chi connectivity index (χ4v) is 14.2. The van der Waals surface area contributed by atoms with Gasteiger partial charge in [0.05, 0.1) is 139 Å². The second-order valence-corrected chi connectivity index (χ2v) is 27.5. The first-order chi connectivity index (χ1) is 50.0. The Labute approximate surface area is 722 Å². The molecule has 106 heavy (non-hydrogen) atoms. The van der Waals surface area contributed by atoms with Crippen LogP contribution < -0.4 is 149 Å². The number of rotatable bonds is 16. The number of nitrogens with zero attached hydrogens (tertiary/aromatic N) is 7. The van der Waals surface area contributed by atoms with Crippen molar-refractivity contribution in [2.24, 2.45) is 10.8 Å². The monoisotopic (exact) mass is 1690 g/mol. The number of nitriles is 3. The van der Waals surface area contributed by atoms with Crippen LogP contribution in [0.1, 0.15) is 75.2 Å². The Morgan fingerprint density at radius 2 is 1.03 bits per heavy atom. The van der Waals surface area contributed by atoms with Crippen molar-refractivity contribution in [2.75, 3.05) is 119 Å². The zero-order valence-electron chi connectivity index (χ0n) is 60.7. The van der Waals surface area contributed by atoms with E-state index in [2.05, 4.69) is 81.6 Å². The molecule has 20 nitrogen and oxygen atoms in total. The zero-order valence-corrected chi connectivity index (χ0v) is 69.7. The molecule has 2 spiro atoms. The number of hydrogen-bond acceptors (Lipinski definition) is 18. The molecule has 13 rings (SSSR count). The molecule has 6 aliphatic rings. The SMILES string of the molecule is C#CCBr.C#CCNc1ccc(C#N)cc1OC.COc1cc(C#N)ccc1N.COc1cc(C#N)ccc1NCC#Cc1cc2c(NC3CCC(N4CC5(COC5)C4)CC3)cccc2n1CC(F)(F)F.FC(F)(F)Cn1c(I)cc2c(NC3CCC(N4CC5(COC5)C4)CC3)cccc21.O=CO[O-].[H-].[K+].[K+]. The van der Waals surface area contributed by atoms with Crippen molar-refractivity contribution in [3.63, 3.8) is 0 Å². The van der Waals surface area contributed by atoms with Crippen LogP contribution in [0.25, 0.3) is 21.8 Å². The van der Waals surface area contributed by atoms with Crippen molar-refractivity contribution in [2.45, 2.75) is 101 Å². The number of carbonyl (C=O) groups is 1. The van der Waals surface area contributed by atoms with E-state index in [9.17, 15) is 26.3 Å². The van der Waals surface area contributed by atoms with Gasteiger partial charge in [0.1, 0.15) is 30.3 Å². The molecule has 5 aromatic carbocycles. The van der Waals surface area contributed by atoms with Crippen molar-refractivity contribution in [1.82, 2.24) is 18.9 Å². The van der Waals surface area contributed by atoms with Gasteiger partial charge in [0.15, 0.2) is 0 Å². The first kappa shape index (κ1) is 89.0. The topological polar surface area (TPSA) is 257 Å². The fourth-order valence-electron chi connectivity index (χ4n) is 13.5. The van der Waals surface area contributed by atoms with E-state index in [1.807, 2.05) is 59.0 Å². The number of nitrogens with two attached hydrogens (primary N) is 1. The molecule has 2 aliphatic carbocycles. The predicted molar refractivity (Wildman–Crippen MR) is 399 cm³/mol. The van der Waals surface area contributed by atoms with Gasteiger partial charge in [-0.05, 0) is 153 Å². The third kappa shape index (κ3) is 25.0. The van der Waals surface area contributed by atoms with Crippen LogP contribution in [0.5, 0.6) is 17.2 Å². The molecule has 30 heteroatoms. The van der Waals surface area contributed by atoms with Gasteiger partial charge in [-0.2, -0.15) is 42.1 Å². The van der Waals surface area contributed by atoms with Crippen molar-refractivity contribution in [3.8, 4) is 72.0 Å². The number of anilines is 5. The molecule has 4 aliphatic heterocycles. The summed E-state index contributed by atoms with van der Waals surface area (Å²) in [6.07, 6.45) is 10.1. The molecule has 6 heterocycles. The molecule has 2 aromatic heterocycles. The van der Waals surface area contributed by atoms with Crippen molar-refractivity contribution < 1.29 is 169 Å². The van der Waals surface area contributed by atoms with Crippen LogP contribution >= 0.6 is 38.5 Å². The molecular formula is C76H82BrF6IK2N12O8. The Balaban J connectivity index is 0.000000272. The van der Waals surface area contributed by atoms with Crippen molar-refractivity contribution in [1.29, 1.82) is 15.8 Å². The van der Waals surface area contributed by atoms with Crippen LogP contribution in [0.15, 0.2) is 103 Å². The first-order valence-corrected chi connectivity index (χ1v) is 35.5. The summed E-state index contributed by atoms with van der Waals surface area (Å²) in [5.41, 5.74) is 13.2. The molecule has 0 bridgehead atoms. The quantitative estimate of drug-likeness (QED) is 0.00767. The van der Waals surface area contributed by atoms with Crippen LogP contribution in [0, 0.1) is 85.1 Å². The Kier molecular flexibility index (Phi) is 36.0. The summed E-state index contributed by atoms with van der Waals surface area (Å²) in [5.74, 6) is 12.4. The number of terminal acetylenes is 2. The van der Waals surface area contributed by atoms with Crippen LogP contribution in [0.4, 0.5) is 54.8 Å². The van der Waals surface area contributed by atoms with Gasteiger partial charge in [0, 0.05) is 102 Å². The number of methoxy groups -OCH3 is 3. The molecule has 552 valence electrons. The maximum Gasteiger partial charge on any atom is 1.00 e. The van der Waals surface area contributed by atoms with Crippen LogP contribution in [0.2, 0.25) is 0 Å². The van der Waals surface area contributed by atoms with E-state index in [1.54, 1.807) is 86.0 Å². The Morgan fingerprint density at radius 1 is 0.623 bits per heavy atom. The number of likely N-dealkylation sites (tertiary alicyclic amines) is 2. The summed E-state index contributed by atoms with van der Waals surface area (Å²) < 4.78 is 109. The molecule has 0 atom stereocenters. The number of carbonyl (C=O) groups excluding carboxylic acids is 1. The summed E-state index contributed by atoms with van der Waals surface area (Å²) in [7, 11) is 4.58. The van der Waals surface area contributed by atoms with E-state index >= 15 is 0 Å². The number of nitrogens with one attached hydrogen (secondary N) is 4. The molecule has 0 unspecified atom stereocenters. The molecule has 6 fully saturated rings. The number of alkyl halides is 7. The van der Waals surface area contributed by atoms with Crippen molar-refractivity contribution in [3.05, 3.63) is 129 Å². The minimum atomic E-state index is -4.39. The van der Waals surface area contributed by atoms with Gasteiger partial charge in [0.25, 0.3) is 6.47 Å². The molecule has 6 N–H and O–H groups in total. The predicted octanol–water partition coefficient (Wildman–Crippen LogP) is 6.80. The van der Waals surface area contributed by atoms with E-state index in [-0.39, 0.29) is 123 Å². The molecule has 2 saturated carbocycles. The van der Waals surface area contributed by atoms with E-state index in [0.29, 0.717) is 107 Å². The summed E-state index contributed by atoms with van der Waals surface area (Å²) in [6, 6.07) is 37.8. The van der Waals surface area contributed by atoms with Crippen LogP contribution in [0.3, 0.4) is 0 Å². The van der Waals surface area contributed by atoms with Crippen LogP contribution in [-0.4, -0.2) is 154 Å². The van der Waals surface area contributed by atoms with Gasteiger partial charge in [-0.15, -0.1) is 12.8 Å². The standard InChI is InChI=1S/C32H34F3N5O2.C21H25F3IN3O.C11H10N2O.C8H8N2O.C3H3Br.CH2O3.2K.H/c1-41-30-14-22(16-36)7-12-28(30)37-13-3-4-25-15-26-27(5-2-6-29(26)40(25)19-32(33,34)35)38-23-8-10-24(11-9-23)39-17-31(18-39)20-42-21-31;22-21(23,24)11-28-18-3-1-2-17(16(18)8-19(28)25)26-14-4-6-15(7-5-14)27-9-20(10-27)12-29-13-20;1-3-6-13-10-5-4-9(8-12)7-11(10)14-2;1-11-8-4-6(5-9)2-3-7(8)10;1-2-3-4;2-1-4-3;;;/h2,5-7,12,14-15,23-24,37-38H,8-11,13,17-21H2,1H3;1-3,8,14-15,26H,4-7,9-13H2;1,4-5,7,13H,6H2,2H3;2-4H,10H2,1H3;1H,3H2;1,3H;;;/q;;;;;;2*+1;-1/p-1. The average molecular weight is 1690 g/mol. The fraction of sp³-hybridized carbons (Fsp3) is 0.421. The summed E-state index contributed by atoms with van der Waals surface area (Å²) in [5, 5.41) is 50.3. The number of halogens is 8. The molecule has 0 amide bonds. The largest absolute Gasteiger partial charge is 1.00 e. The molecule has 4 saturated heterocycles. The zero-order chi connectivity index (χ0) is 75.0. The average Bonchev–Trinajstić information content (AvgIpc) is 1.62. The second kappa shape index (κ2) is 42.9. The minimum Gasteiger partial charge on any atom is -1.00 e. The van der Waals surface area contributed by atoms with E-state index in [4.69, 9.17) is 68.1 Å². The van der Waals surface area contributed by atoms with E-state index in [0.717, 1.165) is 106 Å². The molecule has 7 aromatic rings. The van der Waals surface area contributed by atoms with Gasteiger partial charge in [-0.25, -0.2) is 0 Å². The van der Waals surface area contributed by atoms with E-state index < -0.39 is 25.4 Å². The third-order valence-corrected chi connectivity index (χ3v) is 19.8. The normalized spacial score (nSPS) is 18.3. The summed E-state index contributed by atoms with van der Waals surface area (Å²) in [6.45, 7) is 6.66. The number of fused-ring (bicyclic) bond motifs is 2. The molecule has 0 radical (unpaired) electrons. The maximum absolute atomic E-state index is 13.6. The van der Waals surface area contributed by atoms with Gasteiger partial charge in [0.2, 0.25) is 0 Å². The maximum atomic E-state index is 13.6. The number of ether oxygens (including phenoxy) is 5. The van der Waals surface area contributed by atoms with Crippen LogP contribution in [-0.2, 0) is 32.2 Å². The first-order valence-electron chi connectivity index (χ1n) is 33.3. The molecular weight excluding hydrogens is 1610 g/mol. The Hall–Kier alpha value is -5.94. The van der Waals surface area contributed by atoms with Gasteiger partial charge >= 0.3 is 115 Å². The number of benzene rings is 5. The number of hydrogen-bond donors (Lipinski definition) is 5. The van der Waals surface area contributed by atoms with Gasteiger partial charge < -0.3 is 71.4 Å². The summed E-state index contributed by atoms with van der Waals surface area (Å²) >= 11 is 5.00. The number of aromatic nitrogens is 2. The Bertz CT molecular complexity index is 4340. The summed E-state index contributed by atoms with van der Waals surface area (Å²) in [4.78, 5) is 16.5. The Morgan fingerprint density at radius 3 is 1.42 bits per heavy atom. The van der Waals surface area contributed by atoms with Crippen molar-refractivity contribution >= 4 is 95.2 Å². The number of nitrogen functional groups attached to an aromatic ring is 1. The third-order valence-electron chi connectivity index (χ3n) is 18.6.